The van der Waals surface area contributed by atoms with E-state index in [0.29, 0.717) is 6.42 Å². The van der Waals surface area contributed by atoms with Gasteiger partial charge >= 0.3 is 0 Å². The molecule has 72 valence electrons. The van der Waals surface area contributed by atoms with Crippen molar-refractivity contribution in [1.29, 1.82) is 0 Å². The number of fused-ring (bicyclic) bond motifs is 1. The van der Waals surface area contributed by atoms with E-state index in [2.05, 4.69) is 0 Å². The number of nitrogens with zero attached hydrogens (tertiary/aromatic N) is 1. The molecular weight excluding hydrogens is 188 g/mol. The molecule has 0 aromatic heterocycles. The summed E-state index contributed by atoms with van der Waals surface area (Å²) >= 11 is 1.58. The van der Waals surface area contributed by atoms with Crippen molar-refractivity contribution in [3.05, 3.63) is 0 Å². The van der Waals surface area contributed by atoms with Crippen molar-refractivity contribution in [1.82, 2.24) is 4.90 Å². The smallest absolute Gasteiger partial charge is 0.242 e. The van der Waals surface area contributed by atoms with Crippen LogP contribution in [0.1, 0.15) is 6.42 Å². The fourth-order valence-electron chi connectivity index (χ4n) is 1.85. The predicted molar refractivity (Wildman–Crippen MR) is 50.1 cm³/mol. The second-order valence-corrected chi connectivity index (χ2v) is 4.75. The Morgan fingerprint density at radius 3 is 2.92 bits per heavy atom. The van der Waals surface area contributed by atoms with E-state index in [0.717, 1.165) is 5.75 Å². The molecule has 3 unspecified atom stereocenters. The van der Waals surface area contributed by atoms with Crippen molar-refractivity contribution in [3.63, 3.8) is 0 Å². The molecule has 2 heterocycles. The number of nitrogens with two attached hydrogens (primary N) is 1. The van der Waals surface area contributed by atoms with Gasteiger partial charge in [-0.15, -0.1) is 11.8 Å². The summed E-state index contributed by atoms with van der Waals surface area (Å²) in [7, 11) is 1.55. The van der Waals surface area contributed by atoms with Gasteiger partial charge in [0.25, 0.3) is 0 Å². The zero-order valence-electron chi connectivity index (χ0n) is 7.40. The number of imide groups is 1. The molecule has 2 rings (SSSR count). The van der Waals surface area contributed by atoms with Crippen molar-refractivity contribution < 1.29 is 9.59 Å². The zero-order valence-corrected chi connectivity index (χ0v) is 8.21. The van der Waals surface area contributed by atoms with Crippen molar-refractivity contribution in [2.45, 2.75) is 17.7 Å². The second kappa shape index (κ2) is 2.99. The van der Waals surface area contributed by atoms with E-state index < -0.39 is 0 Å². The summed E-state index contributed by atoms with van der Waals surface area (Å²) in [5.41, 5.74) is 5.82. The molecule has 0 aromatic rings. The normalized spacial score (nSPS) is 39.5. The Bertz CT molecular complexity index is 269. The number of hydrogen-bond acceptors (Lipinski definition) is 4. The van der Waals surface area contributed by atoms with Gasteiger partial charge in [0, 0.05) is 31.2 Å². The van der Waals surface area contributed by atoms with E-state index in [9.17, 15) is 9.59 Å². The third kappa shape index (κ3) is 1.26. The highest BCUT2D eigenvalue weighted by Gasteiger charge is 2.46. The van der Waals surface area contributed by atoms with Gasteiger partial charge in [0.05, 0.1) is 5.25 Å². The second-order valence-electron chi connectivity index (χ2n) is 3.58. The van der Waals surface area contributed by atoms with Crippen LogP contribution in [0.25, 0.3) is 0 Å². The Hall–Kier alpha value is -0.550. The lowest BCUT2D eigenvalue weighted by atomic mass is 9.90. The first kappa shape index (κ1) is 9.02. The van der Waals surface area contributed by atoms with E-state index in [1.165, 1.54) is 4.90 Å². The van der Waals surface area contributed by atoms with Gasteiger partial charge in [0.1, 0.15) is 0 Å². The lowest BCUT2D eigenvalue weighted by molar-refractivity contribution is -0.147. The number of rotatable bonds is 0. The summed E-state index contributed by atoms with van der Waals surface area (Å²) in [6.45, 7) is 0. The Kier molecular flexibility index (Phi) is 2.08. The number of thioether (sulfide) groups is 1. The standard InChI is InChI=1S/C8H12N2O2S/c1-10-6(11)2-4-5(9)3-13-7(4)8(10)12/h4-5,7H,2-3,9H2,1H3. The molecule has 13 heavy (non-hydrogen) atoms. The van der Waals surface area contributed by atoms with Crippen LogP contribution in [0.3, 0.4) is 0 Å². The average molecular weight is 200 g/mol. The van der Waals surface area contributed by atoms with Gasteiger partial charge in [-0.3, -0.25) is 14.5 Å². The van der Waals surface area contributed by atoms with Crippen molar-refractivity contribution >= 4 is 23.6 Å². The Balaban J connectivity index is 2.23. The monoisotopic (exact) mass is 200 g/mol. The Morgan fingerprint density at radius 2 is 2.23 bits per heavy atom. The van der Waals surface area contributed by atoms with Crippen LogP contribution in [0.4, 0.5) is 0 Å². The third-order valence-electron chi connectivity index (χ3n) is 2.77. The van der Waals surface area contributed by atoms with Crippen molar-refractivity contribution in [2.75, 3.05) is 12.8 Å². The fourth-order valence-corrected chi connectivity index (χ4v) is 3.37. The number of piperidine rings is 1. The van der Waals surface area contributed by atoms with Crippen LogP contribution in [0, 0.1) is 5.92 Å². The molecule has 2 fully saturated rings. The minimum atomic E-state index is -0.0933. The largest absolute Gasteiger partial charge is 0.327 e. The maximum absolute atomic E-state index is 11.6. The number of amides is 2. The summed E-state index contributed by atoms with van der Waals surface area (Å²) in [5.74, 6) is 0.701. The van der Waals surface area contributed by atoms with Crippen LogP contribution >= 0.6 is 11.8 Å². The summed E-state index contributed by atoms with van der Waals surface area (Å²) in [6.07, 6.45) is 0.432. The molecule has 0 bridgehead atoms. The first-order chi connectivity index (χ1) is 6.11. The van der Waals surface area contributed by atoms with Crippen molar-refractivity contribution in [2.24, 2.45) is 11.7 Å². The number of carbonyl (C=O) groups is 2. The molecular formula is C8H12N2O2S. The number of carbonyl (C=O) groups excluding carboxylic acids is 2. The van der Waals surface area contributed by atoms with E-state index in [1.807, 2.05) is 0 Å². The summed E-state index contributed by atoms with van der Waals surface area (Å²) in [6, 6.07) is 0.0107. The first-order valence-electron chi connectivity index (χ1n) is 4.29. The maximum atomic E-state index is 11.6. The predicted octanol–water partition coefficient (Wildman–Crippen LogP) is -0.566. The minimum absolute atomic E-state index is 0.0107. The third-order valence-corrected chi connectivity index (χ3v) is 4.25. The topological polar surface area (TPSA) is 63.4 Å². The SMILES string of the molecule is CN1C(=O)CC2C(N)CSC2C1=O. The molecule has 0 saturated carbocycles. The summed E-state index contributed by atoms with van der Waals surface area (Å²) < 4.78 is 0. The fraction of sp³-hybridized carbons (Fsp3) is 0.750. The lowest BCUT2D eigenvalue weighted by Gasteiger charge is -2.30. The van der Waals surface area contributed by atoms with Gasteiger partial charge in [0.2, 0.25) is 11.8 Å². The molecule has 2 aliphatic rings. The van der Waals surface area contributed by atoms with Crippen LogP contribution in [-0.2, 0) is 9.59 Å². The highest BCUT2D eigenvalue weighted by Crippen LogP contribution is 2.37. The quantitative estimate of drug-likeness (QED) is 0.532. The van der Waals surface area contributed by atoms with Crippen molar-refractivity contribution in [3.8, 4) is 0 Å². The molecule has 4 nitrogen and oxygen atoms in total. The van der Waals surface area contributed by atoms with Gasteiger partial charge in [-0.1, -0.05) is 0 Å². The van der Waals surface area contributed by atoms with Crippen LogP contribution in [0.2, 0.25) is 0 Å². The molecule has 2 aliphatic heterocycles. The number of hydrogen-bond donors (Lipinski definition) is 1. The molecule has 5 heteroatoms. The van der Waals surface area contributed by atoms with Gasteiger partial charge in [-0.2, -0.15) is 0 Å². The van der Waals surface area contributed by atoms with Crippen LogP contribution in [0.5, 0.6) is 0 Å². The lowest BCUT2D eigenvalue weighted by Crippen LogP contribution is -2.50. The molecule has 2 amide bonds. The molecule has 2 N–H and O–H groups in total. The molecule has 0 aliphatic carbocycles. The minimum Gasteiger partial charge on any atom is -0.327 e. The average Bonchev–Trinajstić information content (AvgIpc) is 2.45. The van der Waals surface area contributed by atoms with Gasteiger partial charge in [-0.05, 0) is 0 Å². The summed E-state index contributed by atoms with van der Waals surface area (Å²) in [4.78, 5) is 24.2. The van der Waals surface area contributed by atoms with Crippen LogP contribution < -0.4 is 5.73 Å². The van der Waals surface area contributed by atoms with Gasteiger partial charge < -0.3 is 5.73 Å². The summed E-state index contributed by atoms with van der Waals surface area (Å²) in [5, 5.41) is -0.0716. The van der Waals surface area contributed by atoms with Gasteiger partial charge in [-0.25, -0.2) is 0 Å². The van der Waals surface area contributed by atoms with E-state index in [-0.39, 0.29) is 29.0 Å². The highest BCUT2D eigenvalue weighted by atomic mass is 32.2. The highest BCUT2D eigenvalue weighted by molar-refractivity contribution is 8.01. The molecule has 0 spiro atoms. The Labute approximate surface area is 80.8 Å². The molecule has 0 radical (unpaired) electrons. The Morgan fingerprint density at radius 1 is 1.54 bits per heavy atom. The van der Waals surface area contributed by atoms with Crippen LogP contribution in [0.15, 0.2) is 0 Å². The maximum Gasteiger partial charge on any atom is 0.242 e. The molecule has 3 atom stereocenters. The molecule has 2 saturated heterocycles. The van der Waals surface area contributed by atoms with E-state index >= 15 is 0 Å². The van der Waals surface area contributed by atoms with E-state index in [1.54, 1.807) is 18.8 Å². The van der Waals surface area contributed by atoms with Gasteiger partial charge in [0.15, 0.2) is 0 Å². The van der Waals surface area contributed by atoms with E-state index in [4.69, 9.17) is 5.73 Å². The number of likely N-dealkylation sites (tertiary alicyclic amines) is 1. The molecule has 0 aromatic carbocycles. The zero-order chi connectivity index (χ0) is 9.59. The first-order valence-corrected chi connectivity index (χ1v) is 5.33. The van der Waals surface area contributed by atoms with Crippen LogP contribution in [-0.4, -0.2) is 40.8 Å².